The summed E-state index contributed by atoms with van der Waals surface area (Å²) in [6.07, 6.45) is 3.96. The highest BCUT2D eigenvalue weighted by molar-refractivity contribution is 5.73. The summed E-state index contributed by atoms with van der Waals surface area (Å²) in [5, 5.41) is 0. The van der Waals surface area contributed by atoms with E-state index in [0.29, 0.717) is 12.6 Å². The number of ether oxygens (including phenoxy) is 1. The molecule has 0 radical (unpaired) electrons. The molecule has 2 aliphatic heterocycles. The van der Waals surface area contributed by atoms with Crippen LogP contribution in [-0.4, -0.2) is 45.4 Å². The summed E-state index contributed by atoms with van der Waals surface area (Å²) in [6.45, 7) is 3.75. The van der Waals surface area contributed by atoms with E-state index < -0.39 is 0 Å². The van der Waals surface area contributed by atoms with Gasteiger partial charge in [-0.1, -0.05) is 6.07 Å². The minimum Gasteiger partial charge on any atom is -0.463 e. The lowest BCUT2D eigenvalue weighted by molar-refractivity contribution is 0.314. The molecule has 0 saturated carbocycles. The highest BCUT2D eigenvalue weighted by Crippen LogP contribution is 2.25. The second kappa shape index (κ2) is 6.24. The van der Waals surface area contributed by atoms with Crippen LogP contribution >= 0.6 is 0 Å². The van der Waals surface area contributed by atoms with Crippen LogP contribution in [0.5, 0.6) is 0 Å². The molecule has 5 heteroatoms. The summed E-state index contributed by atoms with van der Waals surface area (Å²) in [5.41, 5.74) is 8.11. The number of nitrogens with two attached hydrogens (primary N) is 1. The number of piperidine rings is 1. The number of anilines is 2. The molecule has 0 aliphatic carbocycles. The molecule has 0 bridgehead atoms. The van der Waals surface area contributed by atoms with Gasteiger partial charge in [0.05, 0.1) is 0 Å². The number of aliphatic imine (C=N–C) groups is 1. The zero-order chi connectivity index (χ0) is 14.7. The highest BCUT2D eigenvalue weighted by atomic mass is 16.5. The van der Waals surface area contributed by atoms with E-state index in [2.05, 4.69) is 46.1 Å². The van der Waals surface area contributed by atoms with Gasteiger partial charge < -0.3 is 20.3 Å². The number of amidine groups is 1. The Morgan fingerprint density at radius 2 is 2.14 bits per heavy atom. The van der Waals surface area contributed by atoms with Gasteiger partial charge in [0.15, 0.2) is 0 Å². The lowest BCUT2D eigenvalue weighted by atomic mass is 10.1. The first-order chi connectivity index (χ1) is 10.2. The van der Waals surface area contributed by atoms with Crippen molar-refractivity contribution in [2.75, 3.05) is 43.1 Å². The summed E-state index contributed by atoms with van der Waals surface area (Å²) < 4.78 is 5.21. The van der Waals surface area contributed by atoms with Crippen molar-refractivity contribution in [3.63, 3.8) is 0 Å². The van der Waals surface area contributed by atoms with E-state index in [1.165, 1.54) is 43.7 Å². The number of nitrogens with zero attached hydrogens (tertiary/aromatic N) is 3. The van der Waals surface area contributed by atoms with Crippen LogP contribution in [0.15, 0.2) is 29.3 Å². The van der Waals surface area contributed by atoms with Crippen molar-refractivity contribution in [3.05, 3.63) is 24.3 Å². The molecule has 0 spiro atoms. The van der Waals surface area contributed by atoms with Crippen molar-refractivity contribution < 1.29 is 4.74 Å². The maximum Gasteiger partial charge on any atom is 0.282 e. The van der Waals surface area contributed by atoms with Crippen LogP contribution in [-0.2, 0) is 4.74 Å². The molecule has 0 amide bonds. The molecule has 3 rings (SSSR count). The van der Waals surface area contributed by atoms with E-state index in [4.69, 9.17) is 10.5 Å². The Hall–Kier alpha value is -1.91. The van der Waals surface area contributed by atoms with Gasteiger partial charge in [-0.3, -0.25) is 0 Å². The summed E-state index contributed by atoms with van der Waals surface area (Å²) in [7, 11) is 2.10. The lowest BCUT2D eigenvalue weighted by Gasteiger charge is -2.30. The van der Waals surface area contributed by atoms with Gasteiger partial charge in [0.25, 0.3) is 6.02 Å². The average Bonchev–Trinajstić information content (AvgIpc) is 2.93. The number of likely N-dealkylation sites (N-methyl/N-ethyl adjacent to an activating group) is 1. The monoisotopic (exact) mass is 288 g/mol. The molecule has 1 fully saturated rings. The van der Waals surface area contributed by atoms with E-state index in [-0.39, 0.29) is 6.04 Å². The molecule has 1 unspecified atom stereocenters. The van der Waals surface area contributed by atoms with Crippen molar-refractivity contribution in [2.24, 2.45) is 10.7 Å². The summed E-state index contributed by atoms with van der Waals surface area (Å²) >= 11 is 0. The summed E-state index contributed by atoms with van der Waals surface area (Å²) in [5.74, 6) is 0. The summed E-state index contributed by atoms with van der Waals surface area (Å²) in [4.78, 5) is 8.99. The Labute approximate surface area is 126 Å². The third-order valence-corrected chi connectivity index (χ3v) is 4.21. The molecule has 1 atom stereocenters. The van der Waals surface area contributed by atoms with Gasteiger partial charge in [0.2, 0.25) is 0 Å². The SMILES string of the molecule is CN(CC1COC(N)=N1)c1cccc(N2CCCCC2)c1. The van der Waals surface area contributed by atoms with Crippen molar-refractivity contribution in [1.82, 2.24) is 0 Å². The van der Waals surface area contributed by atoms with Crippen LogP contribution in [0.25, 0.3) is 0 Å². The third-order valence-electron chi connectivity index (χ3n) is 4.21. The van der Waals surface area contributed by atoms with Crippen LogP contribution in [0.4, 0.5) is 11.4 Å². The smallest absolute Gasteiger partial charge is 0.282 e. The number of hydrogen-bond acceptors (Lipinski definition) is 5. The molecule has 2 aliphatic rings. The molecule has 1 aromatic rings. The number of hydrogen-bond donors (Lipinski definition) is 1. The predicted octanol–water partition coefficient (Wildman–Crippen LogP) is 1.83. The maximum atomic E-state index is 5.56. The lowest BCUT2D eigenvalue weighted by Crippen LogP contribution is -2.31. The number of benzene rings is 1. The van der Waals surface area contributed by atoms with Crippen LogP contribution in [0.3, 0.4) is 0 Å². The fourth-order valence-corrected chi connectivity index (χ4v) is 3.03. The fourth-order valence-electron chi connectivity index (χ4n) is 3.03. The zero-order valence-electron chi connectivity index (χ0n) is 12.7. The van der Waals surface area contributed by atoms with Crippen LogP contribution in [0.2, 0.25) is 0 Å². The van der Waals surface area contributed by atoms with Crippen molar-refractivity contribution >= 4 is 17.4 Å². The average molecular weight is 288 g/mol. The fraction of sp³-hybridized carbons (Fsp3) is 0.562. The van der Waals surface area contributed by atoms with Crippen LogP contribution < -0.4 is 15.5 Å². The molecule has 1 saturated heterocycles. The maximum absolute atomic E-state index is 5.56. The third kappa shape index (κ3) is 3.40. The van der Waals surface area contributed by atoms with Crippen molar-refractivity contribution in [3.8, 4) is 0 Å². The first kappa shape index (κ1) is 14.0. The number of rotatable bonds is 4. The Bertz CT molecular complexity index is 511. The van der Waals surface area contributed by atoms with Gasteiger partial charge in [-0.15, -0.1) is 0 Å². The molecule has 2 heterocycles. The molecule has 5 nitrogen and oxygen atoms in total. The van der Waals surface area contributed by atoms with Crippen molar-refractivity contribution in [1.29, 1.82) is 0 Å². The Kier molecular flexibility index (Phi) is 4.18. The van der Waals surface area contributed by atoms with Gasteiger partial charge in [-0.25, -0.2) is 4.99 Å². The molecular formula is C16H24N4O. The molecule has 21 heavy (non-hydrogen) atoms. The highest BCUT2D eigenvalue weighted by Gasteiger charge is 2.19. The molecule has 1 aromatic carbocycles. The first-order valence-corrected chi connectivity index (χ1v) is 7.74. The quantitative estimate of drug-likeness (QED) is 0.918. The minimum atomic E-state index is 0.133. The van der Waals surface area contributed by atoms with Crippen molar-refractivity contribution in [2.45, 2.75) is 25.3 Å². The van der Waals surface area contributed by atoms with Crippen LogP contribution in [0.1, 0.15) is 19.3 Å². The molecule has 2 N–H and O–H groups in total. The van der Waals surface area contributed by atoms with E-state index in [1.807, 2.05) is 0 Å². The second-order valence-corrected chi connectivity index (χ2v) is 5.88. The first-order valence-electron chi connectivity index (χ1n) is 7.74. The topological polar surface area (TPSA) is 54.1 Å². The van der Waals surface area contributed by atoms with E-state index in [9.17, 15) is 0 Å². The zero-order valence-corrected chi connectivity index (χ0v) is 12.7. The van der Waals surface area contributed by atoms with E-state index in [1.54, 1.807) is 0 Å². The standard InChI is InChI=1S/C16H24N4O/c1-19(11-13-12-21-16(17)18-13)14-6-5-7-15(10-14)20-8-3-2-4-9-20/h5-7,10,13H,2-4,8-9,11-12H2,1H3,(H2,17,18). The van der Waals surface area contributed by atoms with Gasteiger partial charge in [0, 0.05) is 38.1 Å². The summed E-state index contributed by atoms with van der Waals surface area (Å²) in [6, 6.07) is 9.21. The predicted molar refractivity (Wildman–Crippen MR) is 87.1 cm³/mol. The Balaban J connectivity index is 1.67. The molecule has 114 valence electrons. The second-order valence-electron chi connectivity index (χ2n) is 5.88. The van der Waals surface area contributed by atoms with Crippen LogP contribution in [0, 0.1) is 0 Å². The normalized spacial score (nSPS) is 21.9. The van der Waals surface area contributed by atoms with Gasteiger partial charge >= 0.3 is 0 Å². The Morgan fingerprint density at radius 3 is 2.86 bits per heavy atom. The largest absolute Gasteiger partial charge is 0.463 e. The van der Waals surface area contributed by atoms with Gasteiger partial charge in [-0.2, -0.15) is 0 Å². The molecule has 0 aromatic heterocycles. The molecular weight excluding hydrogens is 264 g/mol. The Morgan fingerprint density at radius 1 is 1.33 bits per heavy atom. The van der Waals surface area contributed by atoms with E-state index in [0.717, 1.165) is 6.54 Å². The minimum absolute atomic E-state index is 0.133. The van der Waals surface area contributed by atoms with E-state index >= 15 is 0 Å². The van der Waals surface area contributed by atoms with Gasteiger partial charge in [-0.05, 0) is 37.5 Å². The van der Waals surface area contributed by atoms with Gasteiger partial charge in [0.1, 0.15) is 12.6 Å².